The van der Waals surface area contributed by atoms with Crippen molar-refractivity contribution < 1.29 is 0 Å². The molecule has 18 heavy (non-hydrogen) atoms. The molecule has 1 saturated carbocycles. The molecule has 0 heterocycles. The third kappa shape index (κ3) is 4.24. The highest BCUT2D eigenvalue weighted by Crippen LogP contribution is 2.35. The van der Waals surface area contributed by atoms with Crippen molar-refractivity contribution in [1.29, 1.82) is 0 Å². The van der Waals surface area contributed by atoms with Crippen LogP contribution in [0.5, 0.6) is 0 Å². The van der Waals surface area contributed by atoms with Crippen LogP contribution >= 0.6 is 47.8 Å². The summed E-state index contributed by atoms with van der Waals surface area (Å²) in [4.78, 5) is 0. The number of hydrogen-bond acceptors (Lipinski definition) is 1. The Balaban J connectivity index is 1.97. The van der Waals surface area contributed by atoms with Gasteiger partial charge >= 0.3 is 0 Å². The molecule has 0 aliphatic heterocycles. The zero-order chi connectivity index (χ0) is 13.0. The Morgan fingerprint density at radius 3 is 2.06 bits per heavy atom. The standard InChI is InChI=1S/C14H18Br3N/c15-11-7-12(16)14(13(17)8-11)18-9-10-5-3-1-2-4-6-10/h7-8,10,18H,1-6,9H2. The van der Waals surface area contributed by atoms with E-state index >= 15 is 0 Å². The highest BCUT2D eigenvalue weighted by Gasteiger charge is 2.13. The predicted molar refractivity (Wildman–Crippen MR) is 89.2 cm³/mol. The van der Waals surface area contributed by atoms with Gasteiger partial charge in [-0.2, -0.15) is 0 Å². The van der Waals surface area contributed by atoms with E-state index in [-0.39, 0.29) is 0 Å². The molecule has 100 valence electrons. The fraction of sp³-hybridized carbons (Fsp3) is 0.571. The summed E-state index contributed by atoms with van der Waals surface area (Å²) in [6, 6.07) is 4.17. The fourth-order valence-electron chi connectivity index (χ4n) is 2.53. The Hall–Kier alpha value is 0.460. The molecule has 1 aliphatic carbocycles. The summed E-state index contributed by atoms with van der Waals surface area (Å²) >= 11 is 10.7. The van der Waals surface area contributed by atoms with E-state index < -0.39 is 0 Å². The Kier molecular flexibility index (Phi) is 6.02. The molecular formula is C14H18Br3N. The number of nitrogens with one attached hydrogen (secondary N) is 1. The molecule has 1 aliphatic rings. The summed E-state index contributed by atoms with van der Waals surface area (Å²) in [6.07, 6.45) is 8.38. The molecule has 2 rings (SSSR count). The lowest BCUT2D eigenvalue weighted by Crippen LogP contribution is -2.14. The highest BCUT2D eigenvalue weighted by molar-refractivity contribution is 9.11. The second-order valence-electron chi connectivity index (χ2n) is 4.98. The number of hydrogen-bond donors (Lipinski definition) is 1. The molecule has 0 saturated heterocycles. The zero-order valence-corrected chi connectivity index (χ0v) is 15.1. The van der Waals surface area contributed by atoms with E-state index in [4.69, 9.17) is 0 Å². The summed E-state index contributed by atoms with van der Waals surface area (Å²) in [6.45, 7) is 1.08. The summed E-state index contributed by atoms with van der Waals surface area (Å²) in [7, 11) is 0. The van der Waals surface area contributed by atoms with Crippen molar-refractivity contribution in [3.8, 4) is 0 Å². The van der Waals surface area contributed by atoms with E-state index in [1.165, 1.54) is 44.2 Å². The highest BCUT2D eigenvalue weighted by atomic mass is 79.9. The SMILES string of the molecule is Brc1cc(Br)c(NCC2CCCCCC2)c(Br)c1. The van der Waals surface area contributed by atoms with Gasteiger partial charge in [0.15, 0.2) is 0 Å². The van der Waals surface area contributed by atoms with Crippen LogP contribution in [0.15, 0.2) is 25.6 Å². The van der Waals surface area contributed by atoms with Gasteiger partial charge in [-0.15, -0.1) is 0 Å². The summed E-state index contributed by atoms with van der Waals surface area (Å²) in [5.74, 6) is 0.829. The van der Waals surface area contributed by atoms with Crippen LogP contribution in [0.3, 0.4) is 0 Å². The Morgan fingerprint density at radius 2 is 1.50 bits per heavy atom. The first kappa shape index (κ1) is 14.9. The van der Waals surface area contributed by atoms with E-state index in [0.717, 1.165) is 25.9 Å². The molecule has 1 nitrogen and oxygen atoms in total. The van der Waals surface area contributed by atoms with Gasteiger partial charge in [-0.3, -0.25) is 0 Å². The van der Waals surface area contributed by atoms with Gasteiger partial charge in [0, 0.05) is 20.0 Å². The van der Waals surface area contributed by atoms with Crippen LogP contribution in [-0.4, -0.2) is 6.54 Å². The second kappa shape index (κ2) is 7.30. The molecule has 0 atom stereocenters. The van der Waals surface area contributed by atoms with Crippen LogP contribution in [0.1, 0.15) is 38.5 Å². The molecule has 0 unspecified atom stereocenters. The lowest BCUT2D eigenvalue weighted by atomic mass is 10.0. The van der Waals surface area contributed by atoms with Crippen molar-refractivity contribution in [1.82, 2.24) is 0 Å². The second-order valence-corrected chi connectivity index (χ2v) is 7.61. The first-order valence-electron chi connectivity index (χ1n) is 6.55. The number of rotatable bonds is 3. The molecule has 1 fully saturated rings. The van der Waals surface area contributed by atoms with Gasteiger partial charge in [0.2, 0.25) is 0 Å². The predicted octanol–water partition coefficient (Wildman–Crippen LogP) is 6.36. The van der Waals surface area contributed by atoms with Gasteiger partial charge in [-0.1, -0.05) is 41.6 Å². The quantitative estimate of drug-likeness (QED) is 0.540. The van der Waals surface area contributed by atoms with E-state index in [1.807, 2.05) is 0 Å². The van der Waals surface area contributed by atoms with Crippen molar-refractivity contribution in [2.45, 2.75) is 38.5 Å². The lowest BCUT2D eigenvalue weighted by molar-refractivity contribution is 0.483. The number of benzene rings is 1. The van der Waals surface area contributed by atoms with Gasteiger partial charge in [0.1, 0.15) is 0 Å². The van der Waals surface area contributed by atoms with Gasteiger partial charge in [-0.25, -0.2) is 0 Å². The van der Waals surface area contributed by atoms with Crippen LogP contribution in [0, 0.1) is 5.92 Å². The largest absolute Gasteiger partial charge is 0.383 e. The van der Waals surface area contributed by atoms with Gasteiger partial charge in [0.25, 0.3) is 0 Å². The Bertz CT molecular complexity index is 375. The van der Waals surface area contributed by atoms with E-state index in [2.05, 4.69) is 65.2 Å². The molecule has 4 heteroatoms. The first-order chi connectivity index (χ1) is 8.66. The third-order valence-electron chi connectivity index (χ3n) is 3.55. The van der Waals surface area contributed by atoms with E-state index in [1.54, 1.807) is 0 Å². The minimum absolute atomic E-state index is 0.829. The minimum atomic E-state index is 0.829. The molecule has 1 N–H and O–H groups in total. The molecule has 0 spiro atoms. The van der Waals surface area contributed by atoms with Crippen LogP contribution in [0.4, 0.5) is 5.69 Å². The zero-order valence-electron chi connectivity index (χ0n) is 10.3. The van der Waals surface area contributed by atoms with Crippen molar-refractivity contribution >= 4 is 53.5 Å². The third-order valence-corrected chi connectivity index (χ3v) is 5.26. The monoisotopic (exact) mass is 437 g/mol. The van der Waals surface area contributed by atoms with Crippen molar-refractivity contribution in [2.24, 2.45) is 5.92 Å². The van der Waals surface area contributed by atoms with Crippen molar-refractivity contribution in [3.63, 3.8) is 0 Å². The van der Waals surface area contributed by atoms with E-state index in [0.29, 0.717) is 0 Å². The maximum absolute atomic E-state index is 3.62. The molecule has 1 aromatic carbocycles. The summed E-state index contributed by atoms with van der Waals surface area (Å²) in [5.41, 5.74) is 1.17. The van der Waals surface area contributed by atoms with Gasteiger partial charge in [-0.05, 0) is 62.8 Å². The summed E-state index contributed by atoms with van der Waals surface area (Å²) < 4.78 is 3.30. The van der Waals surface area contributed by atoms with Crippen LogP contribution in [-0.2, 0) is 0 Å². The maximum atomic E-state index is 3.62. The normalized spacial score (nSPS) is 17.5. The lowest BCUT2D eigenvalue weighted by Gasteiger charge is -2.17. The van der Waals surface area contributed by atoms with Gasteiger partial charge in [0.05, 0.1) is 5.69 Å². The Morgan fingerprint density at radius 1 is 0.944 bits per heavy atom. The van der Waals surface area contributed by atoms with Crippen LogP contribution < -0.4 is 5.32 Å². The molecule has 0 radical (unpaired) electrons. The fourth-order valence-corrected chi connectivity index (χ4v) is 5.06. The number of halogens is 3. The molecule has 0 aromatic heterocycles. The molecule has 0 amide bonds. The van der Waals surface area contributed by atoms with E-state index in [9.17, 15) is 0 Å². The minimum Gasteiger partial charge on any atom is -0.383 e. The topological polar surface area (TPSA) is 12.0 Å². The van der Waals surface area contributed by atoms with Crippen LogP contribution in [0.25, 0.3) is 0 Å². The van der Waals surface area contributed by atoms with Crippen molar-refractivity contribution in [3.05, 3.63) is 25.6 Å². The molecule has 0 bridgehead atoms. The average molecular weight is 440 g/mol. The van der Waals surface area contributed by atoms with Gasteiger partial charge < -0.3 is 5.32 Å². The molecule has 1 aromatic rings. The maximum Gasteiger partial charge on any atom is 0.0629 e. The molecular weight excluding hydrogens is 422 g/mol. The smallest absolute Gasteiger partial charge is 0.0629 e. The number of anilines is 1. The Labute approximate surface area is 134 Å². The average Bonchev–Trinajstić information content (AvgIpc) is 2.56. The van der Waals surface area contributed by atoms with Crippen molar-refractivity contribution in [2.75, 3.05) is 11.9 Å². The van der Waals surface area contributed by atoms with Crippen LogP contribution in [0.2, 0.25) is 0 Å². The summed E-state index contributed by atoms with van der Waals surface area (Å²) in [5, 5.41) is 3.59. The first-order valence-corrected chi connectivity index (χ1v) is 8.93.